The number of methoxy groups -OCH3 is 1. The summed E-state index contributed by atoms with van der Waals surface area (Å²) in [6.45, 7) is 3.04. The van der Waals surface area contributed by atoms with Crippen LogP contribution in [0.4, 0.5) is 0 Å². The van der Waals surface area contributed by atoms with E-state index < -0.39 is 0 Å². The van der Waals surface area contributed by atoms with E-state index in [0.717, 1.165) is 41.7 Å². The van der Waals surface area contributed by atoms with Gasteiger partial charge in [0.05, 0.1) is 20.3 Å². The lowest BCUT2D eigenvalue weighted by atomic mass is 10.1. The molecule has 0 aliphatic carbocycles. The van der Waals surface area contributed by atoms with Gasteiger partial charge in [0, 0.05) is 42.9 Å². The molecule has 7 heteroatoms. The summed E-state index contributed by atoms with van der Waals surface area (Å²) in [5.41, 5.74) is 3.52. The molecule has 1 heterocycles. The van der Waals surface area contributed by atoms with E-state index in [-0.39, 0.29) is 18.4 Å². The van der Waals surface area contributed by atoms with Crippen LogP contribution >= 0.6 is 0 Å². The van der Waals surface area contributed by atoms with E-state index in [4.69, 9.17) is 9.47 Å². The second kappa shape index (κ2) is 13.5. The van der Waals surface area contributed by atoms with Crippen molar-refractivity contribution in [3.63, 3.8) is 0 Å². The molecule has 3 aromatic rings. The molecule has 0 unspecified atom stereocenters. The van der Waals surface area contributed by atoms with Crippen molar-refractivity contribution in [3.05, 3.63) is 95.1 Å². The summed E-state index contributed by atoms with van der Waals surface area (Å²) in [5.74, 6) is 1.26. The normalized spacial score (nSPS) is 15.1. The number of nitrogens with zero attached hydrogens (tertiary/aromatic N) is 1. The zero-order chi connectivity index (χ0) is 25.9. The highest BCUT2D eigenvalue weighted by Gasteiger charge is 2.17. The highest BCUT2D eigenvalue weighted by Crippen LogP contribution is 2.24. The summed E-state index contributed by atoms with van der Waals surface area (Å²) in [6.07, 6.45) is 2.75. The smallest absolute Gasteiger partial charge is 0.251 e. The van der Waals surface area contributed by atoms with Crippen molar-refractivity contribution < 1.29 is 19.1 Å². The van der Waals surface area contributed by atoms with E-state index in [2.05, 4.69) is 27.7 Å². The molecule has 0 bridgehead atoms. The van der Waals surface area contributed by atoms with Crippen molar-refractivity contribution in [2.45, 2.75) is 38.9 Å². The molecule has 2 amide bonds. The quantitative estimate of drug-likeness (QED) is 0.526. The average Bonchev–Trinajstić information content (AvgIpc) is 2.93. The third-order valence-corrected chi connectivity index (χ3v) is 6.37. The second-order valence-corrected chi connectivity index (χ2v) is 9.21. The number of fused-ring (bicyclic) bond motifs is 1. The lowest BCUT2D eigenvalue weighted by Gasteiger charge is -2.23. The third kappa shape index (κ3) is 7.82. The van der Waals surface area contributed by atoms with Gasteiger partial charge in [0.25, 0.3) is 5.91 Å². The number of nitrogens with one attached hydrogen (secondary N) is 2. The van der Waals surface area contributed by atoms with E-state index in [1.165, 1.54) is 0 Å². The predicted octanol–water partition coefficient (Wildman–Crippen LogP) is 4.31. The fourth-order valence-corrected chi connectivity index (χ4v) is 4.41. The van der Waals surface area contributed by atoms with Crippen LogP contribution in [0.1, 0.15) is 46.3 Å². The van der Waals surface area contributed by atoms with Crippen LogP contribution in [0.15, 0.2) is 72.8 Å². The van der Waals surface area contributed by atoms with Gasteiger partial charge >= 0.3 is 0 Å². The Morgan fingerprint density at radius 2 is 1.81 bits per heavy atom. The summed E-state index contributed by atoms with van der Waals surface area (Å²) >= 11 is 0. The van der Waals surface area contributed by atoms with Crippen LogP contribution in [-0.4, -0.2) is 43.5 Å². The maximum absolute atomic E-state index is 13.0. The Labute approximate surface area is 218 Å². The van der Waals surface area contributed by atoms with Crippen LogP contribution in [-0.2, 0) is 24.4 Å². The number of para-hydroxylation sites is 1. The second-order valence-electron chi connectivity index (χ2n) is 9.21. The first-order valence-electron chi connectivity index (χ1n) is 12.8. The van der Waals surface area contributed by atoms with Gasteiger partial charge in [0.2, 0.25) is 5.91 Å². The molecule has 0 saturated carbocycles. The van der Waals surface area contributed by atoms with Crippen LogP contribution in [0.3, 0.4) is 0 Å². The van der Waals surface area contributed by atoms with Gasteiger partial charge in [-0.2, -0.15) is 0 Å². The summed E-state index contributed by atoms with van der Waals surface area (Å²) in [4.78, 5) is 27.7. The van der Waals surface area contributed by atoms with Gasteiger partial charge in [-0.05, 0) is 43.0 Å². The largest absolute Gasteiger partial charge is 0.496 e. The van der Waals surface area contributed by atoms with Crippen LogP contribution in [0.2, 0.25) is 0 Å². The summed E-state index contributed by atoms with van der Waals surface area (Å²) < 4.78 is 11.6. The average molecular weight is 502 g/mol. The molecular formula is C30H35N3O4. The number of amides is 2. The van der Waals surface area contributed by atoms with Gasteiger partial charge in [-0.1, -0.05) is 54.6 Å². The van der Waals surface area contributed by atoms with Crippen molar-refractivity contribution in [3.8, 4) is 11.5 Å². The molecule has 3 aromatic carbocycles. The fraction of sp³-hybridized carbons (Fsp3) is 0.333. The topological polar surface area (TPSA) is 79.9 Å². The molecule has 0 atom stereocenters. The van der Waals surface area contributed by atoms with E-state index in [1.54, 1.807) is 7.11 Å². The van der Waals surface area contributed by atoms with Gasteiger partial charge in [-0.25, -0.2) is 0 Å². The molecule has 0 radical (unpaired) electrons. The van der Waals surface area contributed by atoms with Crippen molar-refractivity contribution >= 4 is 11.8 Å². The Balaban J connectivity index is 1.53. The van der Waals surface area contributed by atoms with E-state index in [1.807, 2.05) is 60.7 Å². The van der Waals surface area contributed by atoms with Gasteiger partial charge in [-0.15, -0.1) is 0 Å². The van der Waals surface area contributed by atoms with Gasteiger partial charge in [0.15, 0.2) is 0 Å². The highest BCUT2D eigenvalue weighted by atomic mass is 16.5. The minimum atomic E-state index is -0.180. The molecule has 2 N–H and O–H groups in total. The van der Waals surface area contributed by atoms with E-state index >= 15 is 0 Å². The molecule has 37 heavy (non-hydrogen) atoms. The van der Waals surface area contributed by atoms with Gasteiger partial charge in [-0.3, -0.25) is 14.5 Å². The molecule has 1 aliphatic rings. The number of carbonyl (C=O) groups is 2. The Morgan fingerprint density at radius 1 is 1.00 bits per heavy atom. The van der Waals surface area contributed by atoms with Crippen LogP contribution in [0, 0.1) is 0 Å². The molecular weight excluding hydrogens is 466 g/mol. The van der Waals surface area contributed by atoms with Crippen molar-refractivity contribution in [2.75, 3.05) is 26.8 Å². The maximum Gasteiger partial charge on any atom is 0.251 e. The maximum atomic E-state index is 13.0. The third-order valence-electron chi connectivity index (χ3n) is 6.37. The summed E-state index contributed by atoms with van der Waals surface area (Å²) in [7, 11) is 1.62. The standard InChI is InChI=1S/C30H35N3O4/c1-36-27-13-7-6-12-25(27)19-32-30(35)24-14-15-26-21-33(20-23-10-4-2-5-11-23)22-29(34)31-16-8-3-9-17-37-28(26)18-24/h2,4-7,10-15,18H,3,8-9,16-17,19-22H2,1H3,(H,31,34)(H,32,35). The first-order chi connectivity index (χ1) is 18.1. The SMILES string of the molecule is COc1ccccc1CNC(=O)c1ccc2c(c1)OCCCCCNC(=O)CN(Cc1ccccc1)C2. The van der Waals surface area contributed by atoms with Crippen molar-refractivity contribution in [1.82, 2.24) is 15.5 Å². The first-order valence-corrected chi connectivity index (χ1v) is 12.8. The number of hydrogen-bond donors (Lipinski definition) is 2. The molecule has 1 aliphatic heterocycles. The lowest BCUT2D eigenvalue weighted by molar-refractivity contribution is -0.122. The molecule has 0 saturated heterocycles. The Bertz CT molecular complexity index is 1180. The minimum Gasteiger partial charge on any atom is -0.496 e. The van der Waals surface area contributed by atoms with Crippen molar-refractivity contribution in [2.24, 2.45) is 0 Å². The molecule has 4 rings (SSSR count). The molecule has 0 fully saturated rings. The zero-order valence-corrected chi connectivity index (χ0v) is 21.4. The molecule has 7 nitrogen and oxygen atoms in total. The Kier molecular flexibility index (Phi) is 9.54. The number of benzene rings is 3. The lowest BCUT2D eigenvalue weighted by Crippen LogP contribution is -2.37. The highest BCUT2D eigenvalue weighted by molar-refractivity contribution is 5.94. The van der Waals surface area contributed by atoms with E-state index in [9.17, 15) is 9.59 Å². The molecule has 0 spiro atoms. The number of carbonyl (C=O) groups excluding carboxylic acids is 2. The summed E-state index contributed by atoms with van der Waals surface area (Å²) in [5, 5.41) is 6.02. The fourth-order valence-electron chi connectivity index (χ4n) is 4.41. The van der Waals surface area contributed by atoms with Gasteiger partial charge in [0.1, 0.15) is 11.5 Å². The van der Waals surface area contributed by atoms with Crippen LogP contribution in [0.5, 0.6) is 11.5 Å². The predicted molar refractivity (Wildman–Crippen MR) is 144 cm³/mol. The van der Waals surface area contributed by atoms with Gasteiger partial charge < -0.3 is 20.1 Å². The monoisotopic (exact) mass is 501 g/mol. The Hall–Kier alpha value is -3.84. The number of hydrogen-bond acceptors (Lipinski definition) is 5. The molecule has 0 aromatic heterocycles. The molecule has 194 valence electrons. The van der Waals surface area contributed by atoms with Crippen molar-refractivity contribution in [1.29, 1.82) is 0 Å². The zero-order valence-electron chi connectivity index (χ0n) is 21.4. The Morgan fingerprint density at radius 3 is 2.65 bits per heavy atom. The van der Waals surface area contributed by atoms with Crippen LogP contribution in [0.25, 0.3) is 0 Å². The van der Waals surface area contributed by atoms with E-state index in [0.29, 0.717) is 44.1 Å². The van der Waals surface area contributed by atoms with Crippen LogP contribution < -0.4 is 20.1 Å². The summed E-state index contributed by atoms with van der Waals surface area (Å²) in [6, 6.07) is 23.3. The minimum absolute atomic E-state index is 0.0185. The number of ether oxygens (including phenoxy) is 2. The first kappa shape index (κ1) is 26.2. The number of rotatable bonds is 6.